The number of carbonyl (C=O) groups excluding carboxylic acids is 1. The highest BCUT2D eigenvalue weighted by atomic mass is 19.4. The molecule has 40 heavy (non-hydrogen) atoms. The number of alkyl halides is 3. The summed E-state index contributed by atoms with van der Waals surface area (Å²) in [4.78, 5) is 15.3. The van der Waals surface area contributed by atoms with Gasteiger partial charge in [0.2, 0.25) is 0 Å². The maximum atomic E-state index is 13.9. The van der Waals surface area contributed by atoms with Crippen molar-refractivity contribution >= 4 is 22.6 Å². The lowest BCUT2D eigenvalue weighted by Gasteiger charge is -2.17. The summed E-state index contributed by atoms with van der Waals surface area (Å²) in [5, 5.41) is 3.87. The fraction of sp³-hybridized carbons (Fsp3) is 0.152. The quantitative estimate of drug-likeness (QED) is 0.202. The number of fused-ring (bicyclic) bond motifs is 1. The Morgan fingerprint density at radius 1 is 0.850 bits per heavy atom. The monoisotopic (exact) mass is 540 g/mol. The first-order valence-corrected chi connectivity index (χ1v) is 12.8. The van der Waals surface area contributed by atoms with E-state index in [-0.39, 0.29) is 18.1 Å². The molecule has 0 aliphatic heterocycles. The van der Waals surface area contributed by atoms with Crippen LogP contribution in [0.15, 0.2) is 103 Å². The van der Waals surface area contributed by atoms with Crippen LogP contribution in [0.1, 0.15) is 34.7 Å². The number of pyridine rings is 1. The first-order valence-electron chi connectivity index (χ1n) is 12.8. The van der Waals surface area contributed by atoms with Gasteiger partial charge in [-0.3, -0.25) is 9.78 Å². The van der Waals surface area contributed by atoms with E-state index in [4.69, 9.17) is 4.74 Å². The number of aromatic nitrogens is 1. The Balaban J connectivity index is 1.48. The number of hydrogen-bond acceptors (Lipinski definition) is 4. The van der Waals surface area contributed by atoms with E-state index >= 15 is 0 Å². The van der Waals surface area contributed by atoms with Gasteiger partial charge in [-0.1, -0.05) is 78.9 Å². The molecule has 7 heteroatoms. The third-order valence-corrected chi connectivity index (χ3v) is 6.63. The van der Waals surface area contributed by atoms with Crippen LogP contribution in [0.5, 0.6) is 0 Å². The van der Waals surface area contributed by atoms with Gasteiger partial charge in [-0.25, -0.2) is 0 Å². The maximum absolute atomic E-state index is 13.9. The predicted octanol–water partition coefficient (Wildman–Crippen LogP) is 8.19. The summed E-state index contributed by atoms with van der Waals surface area (Å²) in [6.07, 6.45) is -2.41. The minimum absolute atomic E-state index is 0.0611. The van der Waals surface area contributed by atoms with Crippen LogP contribution in [0.25, 0.3) is 22.0 Å². The molecule has 1 N–H and O–H groups in total. The van der Waals surface area contributed by atoms with Crippen molar-refractivity contribution < 1.29 is 22.7 Å². The molecule has 0 aliphatic carbocycles. The first kappa shape index (κ1) is 26.9. The number of rotatable bonds is 8. The largest absolute Gasteiger partial charge is 0.461 e. The molecule has 4 nitrogen and oxygen atoms in total. The van der Waals surface area contributed by atoms with Crippen LogP contribution in [0.4, 0.5) is 18.9 Å². The molecule has 0 spiro atoms. The van der Waals surface area contributed by atoms with Crippen LogP contribution in [0.3, 0.4) is 0 Å². The fourth-order valence-corrected chi connectivity index (χ4v) is 4.71. The van der Waals surface area contributed by atoms with Gasteiger partial charge in [0.15, 0.2) is 0 Å². The highest BCUT2D eigenvalue weighted by molar-refractivity contribution is 5.98. The van der Waals surface area contributed by atoms with Crippen LogP contribution in [-0.4, -0.2) is 11.0 Å². The van der Waals surface area contributed by atoms with Gasteiger partial charge in [0.05, 0.1) is 11.1 Å². The SMILES string of the molecule is CC(=O)OCc1ccc(CNc2cccc(-c3c(Cc4ccccc4)cnc4c(C(F)(F)F)cccc34)c2)cc1. The summed E-state index contributed by atoms with van der Waals surface area (Å²) in [5.74, 6) is -0.325. The molecular weight excluding hydrogens is 513 g/mol. The smallest absolute Gasteiger partial charge is 0.418 e. The Morgan fingerprint density at radius 2 is 1.57 bits per heavy atom. The molecule has 202 valence electrons. The van der Waals surface area contributed by atoms with Crippen molar-refractivity contribution in [2.45, 2.75) is 32.7 Å². The number of ether oxygens (including phenoxy) is 1. The molecule has 0 bridgehead atoms. The number of nitrogens with zero attached hydrogens (tertiary/aromatic N) is 1. The zero-order valence-electron chi connectivity index (χ0n) is 21.8. The van der Waals surface area contributed by atoms with Crippen LogP contribution in [-0.2, 0) is 35.3 Å². The van der Waals surface area contributed by atoms with E-state index in [1.54, 1.807) is 12.3 Å². The molecule has 0 radical (unpaired) electrons. The molecule has 0 saturated carbocycles. The molecule has 0 aliphatic rings. The van der Waals surface area contributed by atoms with E-state index in [0.717, 1.165) is 45.1 Å². The highest BCUT2D eigenvalue weighted by Crippen LogP contribution is 2.39. The fourth-order valence-electron chi connectivity index (χ4n) is 4.71. The number of esters is 1. The molecule has 0 unspecified atom stereocenters. The van der Waals surface area contributed by atoms with Crippen molar-refractivity contribution in [3.63, 3.8) is 0 Å². The summed E-state index contributed by atoms with van der Waals surface area (Å²) < 4.78 is 46.6. The minimum atomic E-state index is -4.51. The average molecular weight is 541 g/mol. The van der Waals surface area contributed by atoms with Crippen molar-refractivity contribution in [2.24, 2.45) is 0 Å². The number of halogens is 3. The van der Waals surface area contributed by atoms with Crippen molar-refractivity contribution in [2.75, 3.05) is 5.32 Å². The Bertz CT molecular complexity index is 1630. The normalized spacial score (nSPS) is 11.4. The standard InChI is InChI=1S/C33H27F3N2O2/c1-22(39)40-21-25-15-13-24(14-16-25)19-37-28-10-5-9-26(18-28)31-27(17-23-7-3-2-4-8-23)20-38-32-29(31)11-6-12-30(32)33(34,35)36/h2-16,18,20,37H,17,19,21H2,1H3. The summed E-state index contributed by atoms with van der Waals surface area (Å²) >= 11 is 0. The molecule has 0 atom stereocenters. The van der Waals surface area contributed by atoms with Gasteiger partial charge in [0.1, 0.15) is 6.61 Å². The first-order chi connectivity index (χ1) is 19.3. The predicted molar refractivity (Wildman–Crippen MR) is 151 cm³/mol. The molecule has 5 rings (SSSR count). The number of carbonyl (C=O) groups is 1. The average Bonchev–Trinajstić information content (AvgIpc) is 2.95. The van der Waals surface area contributed by atoms with Gasteiger partial charge in [0.25, 0.3) is 0 Å². The number of hydrogen-bond donors (Lipinski definition) is 1. The van der Waals surface area contributed by atoms with Crippen molar-refractivity contribution in [3.8, 4) is 11.1 Å². The molecular formula is C33H27F3N2O2. The molecule has 1 heterocycles. The molecule has 4 aromatic carbocycles. The molecule has 0 amide bonds. The summed E-state index contributed by atoms with van der Waals surface area (Å²) in [7, 11) is 0. The summed E-state index contributed by atoms with van der Waals surface area (Å²) in [5.41, 5.74) is 5.39. The Hall–Kier alpha value is -4.65. The van der Waals surface area contributed by atoms with Gasteiger partial charge in [-0.15, -0.1) is 0 Å². The zero-order chi connectivity index (χ0) is 28.1. The molecule has 5 aromatic rings. The summed E-state index contributed by atoms with van der Waals surface area (Å²) in [6, 6.07) is 29.5. The van der Waals surface area contributed by atoms with E-state index in [1.807, 2.05) is 78.9 Å². The van der Waals surface area contributed by atoms with Crippen LogP contribution >= 0.6 is 0 Å². The van der Waals surface area contributed by atoms with Crippen LogP contribution in [0.2, 0.25) is 0 Å². The minimum Gasteiger partial charge on any atom is -0.461 e. The lowest BCUT2D eigenvalue weighted by molar-refractivity contribution is -0.142. The van der Waals surface area contributed by atoms with E-state index in [9.17, 15) is 18.0 Å². The number of para-hydroxylation sites is 1. The third kappa shape index (κ3) is 6.31. The van der Waals surface area contributed by atoms with E-state index in [1.165, 1.54) is 13.0 Å². The number of nitrogens with one attached hydrogen (secondary N) is 1. The Morgan fingerprint density at radius 3 is 2.30 bits per heavy atom. The van der Waals surface area contributed by atoms with Gasteiger partial charge in [0, 0.05) is 30.7 Å². The van der Waals surface area contributed by atoms with Crippen molar-refractivity contribution in [3.05, 3.63) is 131 Å². The maximum Gasteiger partial charge on any atom is 0.418 e. The Kier molecular flexibility index (Phi) is 7.82. The van der Waals surface area contributed by atoms with Crippen molar-refractivity contribution in [1.29, 1.82) is 0 Å². The van der Waals surface area contributed by atoms with E-state index < -0.39 is 11.7 Å². The lowest BCUT2D eigenvalue weighted by atomic mass is 9.91. The number of anilines is 1. The Labute approximate surface area is 230 Å². The van der Waals surface area contributed by atoms with Gasteiger partial charge in [-0.05, 0) is 58.0 Å². The van der Waals surface area contributed by atoms with E-state index in [0.29, 0.717) is 18.4 Å². The number of benzene rings is 4. The second kappa shape index (κ2) is 11.6. The van der Waals surface area contributed by atoms with Crippen molar-refractivity contribution in [1.82, 2.24) is 4.98 Å². The second-order valence-corrected chi connectivity index (χ2v) is 9.55. The molecule has 0 saturated heterocycles. The van der Waals surface area contributed by atoms with Gasteiger partial charge in [-0.2, -0.15) is 13.2 Å². The van der Waals surface area contributed by atoms with Crippen LogP contribution < -0.4 is 5.32 Å². The van der Waals surface area contributed by atoms with Gasteiger partial charge < -0.3 is 10.1 Å². The van der Waals surface area contributed by atoms with Gasteiger partial charge >= 0.3 is 12.1 Å². The van der Waals surface area contributed by atoms with Crippen LogP contribution in [0, 0.1) is 0 Å². The molecule has 1 aromatic heterocycles. The highest BCUT2D eigenvalue weighted by Gasteiger charge is 2.33. The summed E-state index contributed by atoms with van der Waals surface area (Å²) in [6.45, 7) is 2.15. The zero-order valence-corrected chi connectivity index (χ0v) is 21.8. The van der Waals surface area contributed by atoms with E-state index in [2.05, 4.69) is 10.3 Å². The topological polar surface area (TPSA) is 51.2 Å². The second-order valence-electron chi connectivity index (χ2n) is 9.55. The third-order valence-electron chi connectivity index (χ3n) is 6.63. The molecule has 0 fully saturated rings. The lowest BCUT2D eigenvalue weighted by Crippen LogP contribution is -2.07.